The molecule has 2 aromatic heterocycles. The van der Waals surface area contributed by atoms with Gasteiger partial charge in [0.25, 0.3) is 5.91 Å². The molecule has 0 radical (unpaired) electrons. The normalized spacial score (nSPS) is 10.9. The first-order valence-electron chi connectivity index (χ1n) is 10.5. The summed E-state index contributed by atoms with van der Waals surface area (Å²) >= 11 is 1.51. The van der Waals surface area contributed by atoms with Crippen molar-refractivity contribution in [3.8, 4) is 17.2 Å². The summed E-state index contributed by atoms with van der Waals surface area (Å²) in [7, 11) is 4.60. The predicted octanol–water partition coefficient (Wildman–Crippen LogP) is 4.56. The Bertz CT molecular complexity index is 1230. The van der Waals surface area contributed by atoms with Gasteiger partial charge in [0.1, 0.15) is 0 Å². The van der Waals surface area contributed by atoms with E-state index in [4.69, 9.17) is 19.2 Å². The van der Waals surface area contributed by atoms with E-state index < -0.39 is 0 Å². The molecule has 0 saturated carbocycles. The van der Waals surface area contributed by atoms with Crippen LogP contribution in [0.2, 0.25) is 0 Å². The van der Waals surface area contributed by atoms with Crippen molar-refractivity contribution in [1.29, 1.82) is 0 Å². The number of anilines is 1. The number of fused-ring (bicyclic) bond motifs is 1. The highest BCUT2D eigenvalue weighted by Gasteiger charge is 2.24. The van der Waals surface area contributed by atoms with Gasteiger partial charge in [0, 0.05) is 31.0 Å². The SMILES string of the molecule is COc1cc(C(=O)N(CCCn2ccnc2)c2nc3c(C)cccc3s2)cc(OC)c1OC. The van der Waals surface area contributed by atoms with Crippen LogP contribution < -0.4 is 19.1 Å². The van der Waals surface area contributed by atoms with Gasteiger partial charge in [-0.15, -0.1) is 0 Å². The lowest BCUT2D eigenvalue weighted by Gasteiger charge is -2.21. The molecule has 0 unspecified atom stereocenters. The first-order chi connectivity index (χ1) is 16.0. The molecule has 0 saturated heterocycles. The Morgan fingerprint density at radius 3 is 2.48 bits per heavy atom. The maximum Gasteiger partial charge on any atom is 0.260 e. The quantitative estimate of drug-likeness (QED) is 0.360. The molecule has 0 N–H and O–H groups in total. The largest absolute Gasteiger partial charge is 0.493 e. The molecule has 0 atom stereocenters. The fourth-order valence-corrected chi connectivity index (χ4v) is 4.73. The number of hydrogen-bond donors (Lipinski definition) is 0. The standard InChI is InChI=1S/C24H26N4O4S/c1-16-7-5-8-20-21(16)26-24(33-20)28(11-6-10-27-12-9-25-15-27)23(29)17-13-18(30-2)22(32-4)19(14-17)31-3/h5,7-9,12-15H,6,10-11H2,1-4H3. The van der Waals surface area contributed by atoms with Crippen LogP contribution in [0.25, 0.3) is 10.2 Å². The number of nitrogens with zero attached hydrogens (tertiary/aromatic N) is 4. The van der Waals surface area contributed by atoms with E-state index in [1.54, 1.807) is 29.6 Å². The first kappa shape index (κ1) is 22.6. The summed E-state index contributed by atoms with van der Waals surface area (Å²) in [4.78, 5) is 24.4. The Labute approximate surface area is 196 Å². The second kappa shape index (κ2) is 9.91. The van der Waals surface area contributed by atoms with Gasteiger partial charge in [-0.3, -0.25) is 9.69 Å². The minimum Gasteiger partial charge on any atom is -0.493 e. The smallest absolute Gasteiger partial charge is 0.260 e. The molecule has 0 aliphatic rings. The number of aryl methyl sites for hydroxylation is 2. The molecular weight excluding hydrogens is 440 g/mol. The van der Waals surface area contributed by atoms with E-state index in [1.807, 2.05) is 35.9 Å². The number of thiazole rings is 1. The van der Waals surface area contributed by atoms with E-state index in [9.17, 15) is 4.79 Å². The predicted molar refractivity (Wildman–Crippen MR) is 129 cm³/mol. The van der Waals surface area contributed by atoms with Crippen LogP contribution in [-0.2, 0) is 6.54 Å². The zero-order chi connectivity index (χ0) is 23.4. The van der Waals surface area contributed by atoms with Crippen molar-refractivity contribution >= 4 is 32.6 Å². The summed E-state index contributed by atoms with van der Waals surface area (Å²) in [6.07, 6.45) is 6.16. The van der Waals surface area contributed by atoms with Crippen LogP contribution in [0.5, 0.6) is 17.2 Å². The average Bonchev–Trinajstić information content (AvgIpc) is 3.51. The number of imidazole rings is 1. The number of para-hydroxylation sites is 1. The Morgan fingerprint density at radius 2 is 1.88 bits per heavy atom. The molecule has 0 fully saturated rings. The number of carbonyl (C=O) groups excluding carboxylic acids is 1. The van der Waals surface area contributed by atoms with Crippen LogP contribution in [0.4, 0.5) is 5.13 Å². The number of ether oxygens (including phenoxy) is 3. The molecule has 0 aliphatic heterocycles. The van der Waals surface area contributed by atoms with Crippen molar-refractivity contribution in [2.24, 2.45) is 0 Å². The maximum absolute atomic E-state index is 13.8. The van der Waals surface area contributed by atoms with Gasteiger partial charge in [-0.25, -0.2) is 9.97 Å². The highest BCUT2D eigenvalue weighted by atomic mass is 32.1. The van der Waals surface area contributed by atoms with Crippen molar-refractivity contribution in [2.75, 3.05) is 32.8 Å². The van der Waals surface area contributed by atoms with E-state index in [1.165, 1.54) is 32.7 Å². The molecule has 4 rings (SSSR count). The highest BCUT2D eigenvalue weighted by molar-refractivity contribution is 7.22. The third kappa shape index (κ3) is 4.63. The number of rotatable bonds is 9. The molecule has 33 heavy (non-hydrogen) atoms. The Morgan fingerprint density at radius 1 is 1.12 bits per heavy atom. The number of hydrogen-bond acceptors (Lipinski definition) is 7. The second-order valence-corrected chi connectivity index (χ2v) is 8.45. The van der Waals surface area contributed by atoms with Crippen LogP contribution in [-0.4, -0.2) is 48.3 Å². The van der Waals surface area contributed by atoms with Crippen LogP contribution >= 0.6 is 11.3 Å². The highest BCUT2D eigenvalue weighted by Crippen LogP contribution is 2.39. The minimum absolute atomic E-state index is 0.184. The van der Waals surface area contributed by atoms with Crippen molar-refractivity contribution < 1.29 is 19.0 Å². The average molecular weight is 467 g/mol. The number of aromatic nitrogens is 3. The van der Waals surface area contributed by atoms with E-state index in [0.29, 0.717) is 34.5 Å². The Balaban J connectivity index is 1.71. The second-order valence-electron chi connectivity index (χ2n) is 7.44. The first-order valence-corrected chi connectivity index (χ1v) is 11.3. The fourth-order valence-electron chi connectivity index (χ4n) is 3.66. The number of methoxy groups -OCH3 is 3. The van der Waals surface area contributed by atoms with Crippen molar-refractivity contribution in [2.45, 2.75) is 19.9 Å². The summed E-state index contributed by atoms with van der Waals surface area (Å²) < 4.78 is 19.3. The number of amides is 1. The topological polar surface area (TPSA) is 78.7 Å². The summed E-state index contributed by atoms with van der Waals surface area (Å²) in [5.74, 6) is 1.12. The third-order valence-electron chi connectivity index (χ3n) is 5.35. The monoisotopic (exact) mass is 466 g/mol. The lowest BCUT2D eigenvalue weighted by Crippen LogP contribution is -2.32. The lowest BCUT2D eigenvalue weighted by molar-refractivity contribution is 0.0985. The molecular formula is C24H26N4O4S. The molecule has 9 heteroatoms. The van der Waals surface area contributed by atoms with Crippen LogP contribution in [0, 0.1) is 6.92 Å². The summed E-state index contributed by atoms with van der Waals surface area (Å²) in [5, 5.41) is 0.656. The van der Waals surface area contributed by atoms with Gasteiger partial charge in [-0.1, -0.05) is 23.5 Å². The van der Waals surface area contributed by atoms with Crippen LogP contribution in [0.15, 0.2) is 49.1 Å². The molecule has 2 heterocycles. The van der Waals surface area contributed by atoms with Crippen molar-refractivity contribution in [1.82, 2.24) is 14.5 Å². The maximum atomic E-state index is 13.8. The van der Waals surface area contributed by atoms with Crippen molar-refractivity contribution in [3.05, 3.63) is 60.2 Å². The number of carbonyl (C=O) groups is 1. The van der Waals surface area contributed by atoms with Gasteiger partial charge in [0.2, 0.25) is 5.75 Å². The van der Waals surface area contributed by atoms with E-state index >= 15 is 0 Å². The molecule has 4 aromatic rings. The molecule has 2 aromatic carbocycles. The summed E-state index contributed by atoms with van der Waals surface area (Å²) in [6, 6.07) is 9.40. The molecule has 8 nitrogen and oxygen atoms in total. The van der Waals surface area contributed by atoms with Crippen LogP contribution in [0.1, 0.15) is 22.3 Å². The molecule has 0 aliphatic carbocycles. The lowest BCUT2D eigenvalue weighted by atomic mass is 10.1. The number of benzene rings is 2. The van der Waals surface area contributed by atoms with E-state index in [-0.39, 0.29) is 5.91 Å². The van der Waals surface area contributed by atoms with E-state index in [0.717, 1.165) is 28.7 Å². The molecule has 172 valence electrons. The van der Waals surface area contributed by atoms with E-state index in [2.05, 4.69) is 4.98 Å². The van der Waals surface area contributed by atoms with Gasteiger partial charge in [-0.2, -0.15) is 0 Å². The summed E-state index contributed by atoms with van der Waals surface area (Å²) in [5.41, 5.74) is 2.42. The fraction of sp³-hybridized carbons (Fsp3) is 0.292. The summed E-state index contributed by atoms with van der Waals surface area (Å²) in [6.45, 7) is 3.26. The minimum atomic E-state index is -0.184. The molecule has 0 bridgehead atoms. The third-order valence-corrected chi connectivity index (χ3v) is 6.40. The van der Waals surface area contributed by atoms with Gasteiger partial charge >= 0.3 is 0 Å². The zero-order valence-corrected chi connectivity index (χ0v) is 19.9. The van der Waals surface area contributed by atoms with Gasteiger partial charge < -0.3 is 18.8 Å². The zero-order valence-electron chi connectivity index (χ0n) is 19.1. The van der Waals surface area contributed by atoms with Crippen molar-refractivity contribution in [3.63, 3.8) is 0 Å². The van der Waals surface area contributed by atoms with Gasteiger partial charge in [0.05, 0.1) is 37.9 Å². The van der Waals surface area contributed by atoms with Gasteiger partial charge in [0.15, 0.2) is 16.6 Å². The molecule has 1 amide bonds. The Kier molecular flexibility index (Phi) is 6.79. The van der Waals surface area contributed by atoms with Crippen LogP contribution in [0.3, 0.4) is 0 Å². The van der Waals surface area contributed by atoms with Gasteiger partial charge in [-0.05, 0) is 37.1 Å². The molecule has 0 spiro atoms. The Hall–Kier alpha value is -3.59.